The van der Waals surface area contributed by atoms with E-state index in [9.17, 15) is 4.39 Å². The highest BCUT2D eigenvalue weighted by atomic mass is 79.9. The summed E-state index contributed by atoms with van der Waals surface area (Å²) in [5.74, 6) is 0.588. The van der Waals surface area contributed by atoms with E-state index in [4.69, 9.17) is 14.0 Å². The molecular formula is C15H19BBrFO3. The average molecular weight is 357 g/mol. The predicted octanol–water partition coefficient (Wildman–Crippen LogP) is 4.40. The maximum absolute atomic E-state index is 14.5. The van der Waals surface area contributed by atoms with Gasteiger partial charge < -0.3 is 14.0 Å². The van der Waals surface area contributed by atoms with Gasteiger partial charge in [0.25, 0.3) is 0 Å². The fourth-order valence-electron chi connectivity index (χ4n) is 1.99. The monoisotopic (exact) mass is 356 g/mol. The lowest BCUT2D eigenvalue weighted by molar-refractivity contribution is 0.00578. The van der Waals surface area contributed by atoms with Crippen molar-refractivity contribution in [2.24, 2.45) is 0 Å². The van der Waals surface area contributed by atoms with Gasteiger partial charge in [-0.25, -0.2) is 4.39 Å². The van der Waals surface area contributed by atoms with Crippen LogP contribution >= 0.6 is 15.9 Å². The Bertz CT molecular complexity index is 556. The van der Waals surface area contributed by atoms with E-state index in [0.717, 1.165) is 4.47 Å². The van der Waals surface area contributed by atoms with Crippen LogP contribution in [0.3, 0.4) is 0 Å². The van der Waals surface area contributed by atoms with E-state index in [1.807, 2.05) is 33.8 Å². The van der Waals surface area contributed by atoms with E-state index in [0.29, 0.717) is 11.3 Å². The van der Waals surface area contributed by atoms with Gasteiger partial charge in [-0.1, -0.05) is 15.9 Å². The Morgan fingerprint density at radius 2 is 1.81 bits per heavy atom. The zero-order chi connectivity index (χ0) is 15.8. The highest BCUT2D eigenvalue weighted by molar-refractivity contribution is 9.10. The van der Waals surface area contributed by atoms with E-state index in [2.05, 4.69) is 15.9 Å². The van der Waals surface area contributed by atoms with Gasteiger partial charge in [0.05, 0.1) is 18.3 Å². The fraction of sp³-hybridized carbons (Fsp3) is 0.467. The molecule has 0 N–H and O–H groups in total. The summed E-state index contributed by atoms with van der Waals surface area (Å²) in [7, 11) is 0.548. The molecule has 0 aromatic heterocycles. The maximum Gasteiger partial charge on any atom is 0.525 e. The lowest BCUT2D eigenvalue weighted by Crippen LogP contribution is -2.41. The number of ether oxygens (including phenoxy) is 1. The quantitative estimate of drug-likeness (QED) is 0.751. The third-order valence-electron chi connectivity index (χ3n) is 3.96. The van der Waals surface area contributed by atoms with E-state index >= 15 is 0 Å². The summed E-state index contributed by atoms with van der Waals surface area (Å²) >= 11 is 3.37. The van der Waals surface area contributed by atoms with Gasteiger partial charge in [-0.2, -0.15) is 0 Å². The van der Waals surface area contributed by atoms with Crippen LogP contribution in [0.4, 0.5) is 4.39 Å². The van der Waals surface area contributed by atoms with Crippen molar-refractivity contribution >= 4 is 29.1 Å². The Hall–Kier alpha value is -0.845. The third-order valence-corrected chi connectivity index (χ3v) is 4.46. The average Bonchev–Trinajstić information content (AvgIpc) is 2.59. The molecule has 1 aliphatic heterocycles. The van der Waals surface area contributed by atoms with Crippen LogP contribution in [0.2, 0.25) is 0 Å². The second-order valence-corrected chi connectivity index (χ2v) is 6.92. The van der Waals surface area contributed by atoms with Crippen molar-refractivity contribution in [2.45, 2.75) is 38.9 Å². The lowest BCUT2D eigenvalue weighted by Gasteiger charge is -2.32. The molecule has 6 heteroatoms. The molecule has 1 saturated heterocycles. The van der Waals surface area contributed by atoms with Crippen LogP contribution in [0.25, 0.3) is 6.08 Å². The molecule has 0 saturated carbocycles. The maximum atomic E-state index is 14.5. The molecule has 1 aromatic rings. The summed E-state index contributed by atoms with van der Waals surface area (Å²) in [4.78, 5) is 0. The zero-order valence-electron chi connectivity index (χ0n) is 12.9. The molecular weight excluding hydrogens is 338 g/mol. The second-order valence-electron chi connectivity index (χ2n) is 6.00. The number of rotatable bonds is 3. The molecule has 0 bridgehead atoms. The minimum absolute atomic E-state index is 0.481. The second kappa shape index (κ2) is 5.74. The van der Waals surface area contributed by atoms with E-state index in [1.54, 1.807) is 19.2 Å². The molecule has 1 aliphatic rings. The van der Waals surface area contributed by atoms with E-state index in [1.165, 1.54) is 6.08 Å². The molecule has 1 fully saturated rings. The van der Waals surface area contributed by atoms with Gasteiger partial charge in [0, 0.05) is 10.0 Å². The Morgan fingerprint density at radius 3 is 2.33 bits per heavy atom. The van der Waals surface area contributed by atoms with E-state index in [-0.39, 0.29) is 0 Å². The lowest BCUT2D eigenvalue weighted by atomic mass is 9.86. The van der Waals surface area contributed by atoms with Gasteiger partial charge >= 0.3 is 7.12 Å². The molecule has 0 atom stereocenters. The highest BCUT2D eigenvalue weighted by Gasteiger charge is 2.53. The van der Waals surface area contributed by atoms with Crippen molar-refractivity contribution < 1.29 is 18.4 Å². The normalized spacial score (nSPS) is 20.7. The molecule has 0 radical (unpaired) electrons. The first kappa shape index (κ1) is 16.5. The Balaban J connectivity index is 2.29. The van der Waals surface area contributed by atoms with Crippen LogP contribution in [-0.4, -0.2) is 25.4 Å². The summed E-state index contributed by atoms with van der Waals surface area (Å²) in [6.07, 6.45) is 1.38. The smallest absolute Gasteiger partial charge is 0.496 e. The van der Waals surface area contributed by atoms with Gasteiger partial charge in [0.1, 0.15) is 11.5 Å². The number of halogens is 2. The molecule has 2 rings (SSSR count). The Morgan fingerprint density at radius 1 is 1.24 bits per heavy atom. The minimum atomic E-state index is -1.00. The first-order valence-electron chi connectivity index (χ1n) is 6.72. The molecule has 0 amide bonds. The largest absolute Gasteiger partial charge is 0.525 e. The zero-order valence-corrected chi connectivity index (χ0v) is 14.5. The van der Waals surface area contributed by atoms with Crippen LogP contribution in [0.5, 0.6) is 5.75 Å². The molecule has 21 heavy (non-hydrogen) atoms. The molecule has 0 unspecified atom stereocenters. The summed E-state index contributed by atoms with van der Waals surface area (Å²) in [6.45, 7) is 7.56. The van der Waals surface area contributed by atoms with Crippen LogP contribution in [0.1, 0.15) is 33.3 Å². The Kier molecular flexibility index (Phi) is 4.52. The molecule has 0 spiro atoms. The first-order valence-corrected chi connectivity index (χ1v) is 7.52. The van der Waals surface area contributed by atoms with Gasteiger partial charge in [-0.15, -0.1) is 0 Å². The number of methoxy groups -OCH3 is 1. The van der Waals surface area contributed by atoms with Crippen molar-refractivity contribution in [3.05, 3.63) is 34.0 Å². The van der Waals surface area contributed by atoms with Crippen molar-refractivity contribution in [1.82, 2.24) is 0 Å². The van der Waals surface area contributed by atoms with Crippen molar-refractivity contribution in [3.8, 4) is 5.75 Å². The van der Waals surface area contributed by atoms with Gasteiger partial charge in [-0.05, 0) is 52.0 Å². The highest BCUT2D eigenvalue weighted by Crippen LogP contribution is 2.39. The van der Waals surface area contributed by atoms with Crippen molar-refractivity contribution in [3.63, 3.8) is 0 Å². The summed E-state index contributed by atoms with van der Waals surface area (Å²) in [5, 5.41) is 0. The summed E-state index contributed by atoms with van der Waals surface area (Å²) in [6, 6.07) is 5.39. The van der Waals surface area contributed by atoms with Crippen LogP contribution < -0.4 is 4.74 Å². The number of hydrogen-bond acceptors (Lipinski definition) is 3. The molecule has 3 nitrogen and oxygen atoms in total. The molecule has 114 valence electrons. The summed E-state index contributed by atoms with van der Waals surface area (Å²) in [5.41, 5.74) is -0.988. The first-order chi connectivity index (χ1) is 9.66. The van der Waals surface area contributed by atoms with Crippen molar-refractivity contribution in [2.75, 3.05) is 7.11 Å². The van der Waals surface area contributed by atoms with Crippen LogP contribution in [-0.2, 0) is 9.31 Å². The fourth-order valence-corrected chi connectivity index (χ4v) is 2.37. The number of hydrogen-bond donors (Lipinski definition) is 0. The standard InChI is InChI=1S/C15H19BBrFO3/c1-14(2)15(3,4)21-16(20-14)13(18)9-10-8-11(17)6-7-12(10)19-5/h6-9H,1-5H3. The van der Waals surface area contributed by atoms with Gasteiger partial charge in [0.2, 0.25) is 0 Å². The topological polar surface area (TPSA) is 27.7 Å². The predicted molar refractivity (Wildman–Crippen MR) is 85.9 cm³/mol. The molecule has 1 aromatic carbocycles. The van der Waals surface area contributed by atoms with Gasteiger partial charge in [-0.3, -0.25) is 0 Å². The molecule has 1 heterocycles. The SMILES string of the molecule is COc1ccc(Br)cc1C=C(F)B1OC(C)(C)C(C)(C)O1. The van der Waals surface area contributed by atoms with Crippen LogP contribution in [0.15, 0.2) is 28.4 Å². The Labute approximate surface area is 133 Å². The number of benzene rings is 1. The van der Waals surface area contributed by atoms with Crippen LogP contribution in [0, 0.1) is 0 Å². The van der Waals surface area contributed by atoms with Crippen molar-refractivity contribution in [1.29, 1.82) is 0 Å². The molecule has 0 aliphatic carbocycles. The third kappa shape index (κ3) is 3.33. The van der Waals surface area contributed by atoms with Gasteiger partial charge in [0.15, 0.2) is 0 Å². The minimum Gasteiger partial charge on any atom is -0.496 e. The summed E-state index contributed by atoms with van der Waals surface area (Å²) < 4.78 is 31.9. The van der Waals surface area contributed by atoms with E-state index < -0.39 is 24.0 Å².